The molecule has 0 saturated heterocycles. The molecule has 0 fully saturated rings. The molecule has 0 aromatic heterocycles. The summed E-state index contributed by atoms with van der Waals surface area (Å²) < 4.78 is 0. The molecule has 0 aliphatic heterocycles. The van der Waals surface area contributed by atoms with E-state index in [4.69, 9.17) is 0 Å². The van der Waals surface area contributed by atoms with E-state index in [0.29, 0.717) is 6.42 Å². The van der Waals surface area contributed by atoms with E-state index in [1.807, 2.05) is 0 Å². The number of hydrogen-bond acceptors (Lipinski definition) is 1. The predicted molar refractivity (Wildman–Crippen MR) is 71.0 cm³/mol. The minimum atomic E-state index is 0.595. The first kappa shape index (κ1) is 11.6. The molecule has 0 aliphatic carbocycles. The highest BCUT2D eigenvalue weighted by Gasteiger charge is 1.99. The van der Waals surface area contributed by atoms with Crippen LogP contribution in [0.1, 0.15) is 17.5 Å². The second-order valence-electron chi connectivity index (χ2n) is 4.27. The fourth-order valence-corrected chi connectivity index (χ4v) is 1.88. The third-order valence-corrected chi connectivity index (χ3v) is 2.86. The zero-order valence-electron chi connectivity index (χ0n) is 10.0. The highest BCUT2D eigenvalue weighted by molar-refractivity contribution is 5.64. The molecule has 0 spiro atoms. The first-order valence-corrected chi connectivity index (χ1v) is 5.89. The summed E-state index contributed by atoms with van der Waals surface area (Å²) in [6.45, 7) is 2.09. The SMILES string of the molecule is Cc1ccc(-c2cccc(CCC=O)c2)cc1. The fourth-order valence-electron chi connectivity index (χ4n) is 1.88. The van der Waals surface area contributed by atoms with Gasteiger partial charge < -0.3 is 4.79 Å². The summed E-state index contributed by atoms with van der Waals surface area (Å²) in [7, 11) is 0. The molecule has 0 atom stereocenters. The summed E-state index contributed by atoms with van der Waals surface area (Å²) in [4.78, 5) is 10.4. The summed E-state index contributed by atoms with van der Waals surface area (Å²) in [6, 6.07) is 16.9. The molecule has 0 unspecified atom stereocenters. The van der Waals surface area contributed by atoms with Crippen molar-refractivity contribution in [2.45, 2.75) is 19.8 Å². The second-order valence-corrected chi connectivity index (χ2v) is 4.27. The Morgan fingerprint density at radius 2 is 1.76 bits per heavy atom. The van der Waals surface area contributed by atoms with Gasteiger partial charge in [-0.2, -0.15) is 0 Å². The van der Waals surface area contributed by atoms with Crippen molar-refractivity contribution in [3.63, 3.8) is 0 Å². The first-order valence-electron chi connectivity index (χ1n) is 5.89. The smallest absolute Gasteiger partial charge is 0.120 e. The largest absolute Gasteiger partial charge is 0.303 e. The van der Waals surface area contributed by atoms with Crippen LogP contribution in [0.4, 0.5) is 0 Å². The van der Waals surface area contributed by atoms with E-state index in [2.05, 4.69) is 55.5 Å². The van der Waals surface area contributed by atoms with E-state index < -0.39 is 0 Å². The third kappa shape index (κ3) is 3.04. The Labute approximate surface area is 102 Å². The van der Waals surface area contributed by atoms with E-state index in [-0.39, 0.29) is 0 Å². The summed E-state index contributed by atoms with van der Waals surface area (Å²) in [5.41, 5.74) is 4.93. The van der Waals surface area contributed by atoms with Crippen LogP contribution < -0.4 is 0 Å². The molecule has 0 amide bonds. The van der Waals surface area contributed by atoms with Crippen LogP contribution in [0.15, 0.2) is 48.5 Å². The number of hydrogen-bond donors (Lipinski definition) is 0. The molecule has 0 heterocycles. The Kier molecular flexibility index (Phi) is 3.71. The quantitative estimate of drug-likeness (QED) is 0.722. The van der Waals surface area contributed by atoms with Crippen molar-refractivity contribution in [1.82, 2.24) is 0 Å². The van der Waals surface area contributed by atoms with E-state index in [1.165, 1.54) is 22.3 Å². The lowest BCUT2D eigenvalue weighted by molar-refractivity contribution is -0.107. The number of rotatable bonds is 4. The maximum Gasteiger partial charge on any atom is 0.120 e. The maximum atomic E-state index is 10.4. The monoisotopic (exact) mass is 224 g/mol. The minimum Gasteiger partial charge on any atom is -0.303 e. The van der Waals surface area contributed by atoms with E-state index >= 15 is 0 Å². The molecule has 0 saturated carbocycles. The summed E-state index contributed by atoms with van der Waals surface area (Å²) in [6.07, 6.45) is 2.39. The van der Waals surface area contributed by atoms with Gasteiger partial charge in [0.25, 0.3) is 0 Å². The van der Waals surface area contributed by atoms with Gasteiger partial charge in [-0.3, -0.25) is 0 Å². The maximum absolute atomic E-state index is 10.4. The molecule has 1 heteroatoms. The van der Waals surface area contributed by atoms with Gasteiger partial charge in [-0.1, -0.05) is 54.1 Å². The normalized spacial score (nSPS) is 10.2. The zero-order valence-corrected chi connectivity index (χ0v) is 10.0. The molecular formula is C16H16O. The van der Waals surface area contributed by atoms with Crippen LogP contribution in [0.3, 0.4) is 0 Å². The van der Waals surface area contributed by atoms with Crippen LogP contribution in [0.25, 0.3) is 11.1 Å². The number of carbonyl (C=O) groups is 1. The van der Waals surface area contributed by atoms with E-state index in [0.717, 1.165) is 12.7 Å². The molecule has 0 bridgehead atoms. The summed E-state index contributed by atoms with van der Waals surface area (Å²) in [5.74, 6) is 0. The average molecular weight is 224 g/mol. The van der Waals surface area contributed by atoms with Gasteiger partial charge in [-0.05, 0) is 30.0 Å². The van der Waals surface area contributed by atoms with Crippen LogP contribution in [-0.4, -0.2) is 6.29 Å². The van der Waals surface area contributed by atoms with Gasteiger partial charge in [0.2, 0.25) is 0 Å². The molecule has 86 valence electrons. The zero-order chi connectivity index (χ0) is 12.1. The van der Waals surface area contributed by atoms with Gasteiger partial charge in [0.05, 0.1) is 0 Å². The van der Waals surface area contributed by atoms with E-state index in [9.17, 15) is 4.79 Å². The predicted octanol–water partition coefficient (Wildman–Crippen LogP) is 3.79. The van der Waals surface area contributed by atoms with Crippen molar-refractivity contribution >= 4 is 6.29 Å². The van der Waals surface area contributed by atoms with Crippen molar-refractivity contribution < 1.29 is 4.79 Å². The molecular weight excluding hydrogens is 208 g/mol. The number of aldehydes is 1. The number of benzene rings is 2. The Morgan fingerprint density at radius 3 is 2.47 bits per heavy atom. The average Bonchev–Trinajstić information content (AvgIpc) is 2.37. The molecule has 17 heavy (non-hydrogen) atoms. The van der Waals surface area contributed by atoms with E-state index in [1.54, 1.807) is 0 Å². The molecule has 2 aromatic carbocycles. The highest BCUT2D eigenvalue weighted by Crippen LogP contribution is 2.21. The van der Waals surface area contributed by atoms with Gasteiger partial charge >= 0.3 is 0 Å². The van der Waals surface area contributed by atoms with Gasteiger partial charge in [0.1, 0.15) is 6.29 Å². The lowest BCUT2D eigenvalue weighted by Crippen LogP contribution is -1.87. The van der Waals surface area contributed by atoms with Gasteiger partial charge in [-0.15, -0.1) is 0 Å². The molecule has 0 N–H and O–H groups in total. The van der Waals surface area contributed by atoms with Crippen molar-refractivity contribution in [1.29, 1.82) is 0 Å². The van der Waals surface area contributed by atoms with Crippen LogP contribution >= 0.6 is 0 Å². The van der Waals surface area contributed by atoms with Crippen molar-refractivity contribution in [3.05, 3.63) is 59.7 Å². The van der Waals surface area contributed by atoms with Crippen LogP contribution in [-0.2, 0) is 11.2 Å². The number of carbonyl (C=O) groups excluding carboxylic acids is 1. The summed E-state index contributed by atoms with van der Waals surface area (Å²) in [5, 5.41) is 0. The molecule has 2 rings (SSSR count). The Hall–Kier alpha value is -1.89. The van der Waals surface area contributed by atoms with Gasteiger partial charge in [0, 0.05) is 6.42 Å². The Bertz CT molecular complexity index is 497. The lowest BCUT2D eigenvalue weighted by Gasteiger charge is -2.05. The van der Waals surface area contributed by atoms with Gasteiger partial charge in [0.15, 0.2) is 0 Å². The lowest BCUT2D eigenvalue weighted by atomic mass is 10.0. The topological polar surface area (TPSA) is 17.1 Å². The highest BCUT2D eigenvalue weighted by atomic mass is 16.1. The van der Waals surface area contributed by atoms with Crippen molar-refractivity contribution in [2.75, 3.05) is 0 Å². The Balaban J connectivity index is 2.26. The fraction of sp³-hybridized carbons (Fsp3) is 0.188. The van der Waals surface area contributed by atoms with Crippen molar-refractivity contribution in [2.24, 2.45) is 0 Å². The second kappa shape index (κ2) is 5.44. The van der Waals surface area contributed by atoms with Crippen molar-refractivity contribution in [3.8, 4) is 11.1 Å². The molecule has 0 aliphatic rings. The standard InChI is InChI=1S/C16H16O/c1-13-7-9-15(10-8-13)16-6-2-4-14(12-16)5-3-11-17/h2,4,6-12H,3,5H2,1H3. The minimum absolute atomic E-state index is 0.595. The van der Waals surface area contributed by atoms with Crippen LogP contribution in [0.5, 0.6) is 0 Å². The summed E-state index contributed by atoms with van der Waals surface area (Å²) >= 11 is 0. The molecule has 1 nitrogen and oxygen atoms in total. The number of aryl methyl sites for hydroxylation is 2. The molecule has 0 radical (unpaired) electrons. The van der Waals surface area contributed by atoms with Crippen LogP contribution in [0, 0.1) is 6.92 Å². The van der Waals surface area contributed by atoms with Gasteiger partial charge in [-0.25, -0.2) is 0 Å². The third-order valence-electron chi connectivity index (χ3n) is 2.86. The van der Waals surface area contributed by atoms with Crippen LogP contribution in [0.2, 0.25) is 0 Å². The molecule has 2 aromatic rings. The Morgan fingerprint density at radius 1 is 1.00 bits per heavy atom. The first-order chi connectivity index (χ1) is 8.29.